The maximum Gasteiger partial charge on any atom is 0.416 e. The number of carbonyl (C=O) groups excluding carboxylic acids is 2. The highest BCUT2D eigenvalue weighted by Crippen LogP contribution is 2.36. The summed E-state index contributed by atoms with van der Waals surface area (Å²) in [5.41, 5.74) is -1.19. The Morgan fingerprint density at radius 1 is 1.00 bits per heavy atom. The average Bonchev–Trinajstić information content (AvgIpc) is 2.81. The molecule has 1 N–H and O–H groups in total. The van der Waals surface area contributed by atoms with Gasteiger partial charge in [-0.25, -0.2) is 8.42 Å². The topological polar surface area (TPSA) is 86.8 Å². The van der Waals surface area contributed by atoms with Gasteiger partial charge in [0, 0.05) is 12.6 Å². The van der Waals surface area contributed by atoms with Gasteiger partial charge in [0.15, 0.2) is 0 Å². The lowest BCUT2D eigenvalue weighted by Gasteiger charge is -2.32. The van der Waals surface area contributed by atoms with Crippen LogP contribution in [0.1, 0.15) is 38.3 Å². The molecule has 210 valence electrons. The molecule has 0 aliphatic rings. The normalized spacial score (nSPS) is 13.5. The monoisotopic (exact) mass is 615 g/mol. The van der Waals surface area contributed by atoms with E-state index in [9.17, 15) is 31.2 Å². The van der Waals surface area contributed by atoms with E-state index in [-0.39, 0.29) is 27.7 Å². The number of nitrogens with one attached hydrogen (secondary N) is 1. The standard InChI is InChI=1S/C24H27Cl3F3N3O4S/c1-5-14(2)31-23(35)15(3)32(12-16-6-8-18(25)20(27)10-16)22(34)13-33(38(4,36)37)21-11-17(24(28,29)30)7-9-19(21)26/h6-11,14-15H,5,12-13H2,1-4H3,(H,31,35)/t14-,15-/m0/s1. The highest BCUT2D eigenvalue weighted by Gasteiger charge is 2.34. The molecule has 2 amide bonds. The van der Waals surface area contributed by atoms with Crippen molar-refractivity contribution in [2.24, 2.45) is 0 Å². The minimum absolute atomic E-state index is 0.168. The van der Waals surface area contributed by atoms with Gasteiger partial charge in [-0.3, -0.25) is 13.9 Å². The number of hydrogen-bond donors (Lipinski definition) is 1. The van der Waals surface area contributed by atoms with Gasteiger partial charge in [-0.15, -0.1) is 0 Å². The molecule has 38 heavy (non-hydrogen) atoms. The van der Waals surface area contributed by atoms with Crippen molar-refractivity contribution in [3.63, 3.8) is 0 Å². The fourth-order valence-electron chi connectivity index (χ4n) is 3.36. The van der Waals surface area contributed by atoms with Crippen LogP contribution < -0.4 is 9.62 Å². The van der Waals surface area contributed by atoms with E-state index in [1.165, 1.54) is 19.1 Å². The molecule has 0 heterocycles. The number of carbonyl (C=O) groups is 2. The van der Waals surface area contributed by atoms with Crippen LogP contribution in [-0.4, -0.2) is 50.0 Å². The number of alkyl halides is 3. The second-order valence-corrected chi connectivity index (χ2v) is 11.8. The number of sulfonamides is 1. The van der Waals surface area contributed by atoms with E-state index < -0.39 is 51.9 Å². The number of amides is 2. The lowest BCUT2D eigenvalue weighted by molar-refractivity contribution is -0.139. The van der Waals surface area contributed by atoms with Crippen LogP contribution >= 0.6 is 34.8 Å². The number of rotatable bonds is 10. The van der Waals surface area contributed by atoms with Crippen LogP contribution in [-0.2, 0) is 32.3 Å². The van der Waals surface area contributed by atoms with Gasteiger partial charge in [0.1, 0.15) is 12.6 Å². The maximum absolute atomic E-state index is 13.5. The quantitative estimate of drug-likeness (QED) is 0.368. The minimum atomic E-state index is -4.78. The fraction of sp³-hybridized carbons (Fsp3) is 0.417. The molecule has 0 unspecified atom stereocenters. The summed E-state index contributed by atoms with van der Waals surface area (Å²) >= 11 is 18.1. The summed E-state index contributed by atoms with van der Waals surface area (Å²) < 4.78 is 65.7. The smallest absolute Gasteiger partial charge is 0.352 e. The first-order chi connectivity index (χ1) is 17.4. The molecular formula is C24H27Cl3F3N3O4S. The molecule has 0 fully saturated rings. The number of nitrogens with zero attached hydrogens (tertiary/aromatic N) is 2. The van der Waals surface area contributed by atoms with E-state index in [1.54, 1.807) is 13.0 Å². The van der Waals surface area contributed by atoms with Crippen LogP contribution in [0.2, 0.25) is 15.1 Å². The van der Waals surface area contributed by atoms with Crippen LogP contribution in [0.25, 0.3) is 0 Å². The molecule has 0 saturated heterocycles. The van der Waals surface area contributed by atoms with Crippen molar-refractivity contribution in [3.8, 4) is 0 Å². The number of anilines is 1. The zero-order chi connectivity index (χ0) is 29.0. The Kier molecular flexibility index (Phi) is 10.7. The number of halogens is 6. The van der Waals surface area contributed by atoms with Gasteiger partial charge >= 0.3 is 6.18 Å². The maximum atomic E-state index is 13.5. The lowest BCUT2D eigenvalue weighted by Crippen LogP contribution is -2.52. The average molecular weight is 617 g/mol. The Labute approximate surface area is 234 Å². The first-order valence-electron chi connectivity index (χ1n) is 11.3. The van der Waals surface area contributed by atoms with Crippen molar-refractivity contribution in [1.29, 1.82) is 0 Å². The second-order valence-electron chi connectivity index (χ2n) is 8.70. The van der Waals surface area contributed by atoms with E-state index in [4.69, 9.17) is 34.8 Å². The highest BCUT2D eigenvalue weighted by molar-refractivity contribution is 7.92. The van der Waals surface area contributed by atoms with Crippen molar-refractivity contribution >= 4 is 62.3 Å². The molecule has 0 aliphatic carbocycles. The molecule has 2 rings (SSSR count). The lowest BCUT2D eigenvalue weighted by atomic mass is 10.1. The van der Waals surface area contributed by atoms with Crippen LogP contribution in [0.15, 0.2) is 36.4 Å². The van der Waals surface area contributed by atoms with Crippen molar-refractivity contribution in [2.45, 2.75) is 52.0 Å². The molecule has 2 aromatic rings. The van der Waals surface area contributed by atoms with E-state index in [0.29, 0.717) is 28.4 Å². The highest BCUT2D eigenvalue weighted by atomic mass is 35.5. The molecule has 0 aliphatic heterocycles. The molecule has 0 spiro atoms. The first kappa shape index (κ1) is 32.0. The van der Waals surface area contributed by atoms with E-state index in [2.05, 4.69) is 5.32 Å². The van der Waals surface area contributed by atoms with Crippen LogP contribution in [0.4, 0.5) is 18.9 Å². The molecule has 0 radical (unpaired) electrons. The van der Waals surface area contributed by atoms with Crippen molar-refractivity contribution in [1.82, 2.24) is 10.2 Å². The Balaban J connectivity index is 2.52. The molecule has 0 saturated carbocycles. The number of hydrogen-bond acceptors (Lipinski definition) is 4. The molecule has 2 aromatic carbocycles. The molecule has 0 aromatic heterocycles. The Morgan fingerprint density at radius 2 is 1.61 bits per heavy atom. The summed E-state index contributed by atoms with van der Waals surface area (Å²) in [5.74, 6) is -1.36. The van der Waals surface area contributed by atoms with E-state index in [0.717, 1.165) is 17.2 Å². The SMILES string of the molecule is CC[C@H](C)NC(=O)[C@H](C)N(Cc1ccc(Cl)c(Cl)c1)C(=O)CN(c1cc(C(F)(F)F)ccc1Cl)S(C)(=O)=O. The molecular weight excluding hydrogens is 590 g/mol. The predicted octanol–water partition coefficient (Wildman–Crippen LogP) is 5.76. The van der Waals surface area contributed by atoms with Gasteiger partial charge in [0.25, 0.3) is 0 Å². The molecule has 7 nitrogen and oxygen atoms in total. The van der Waals surface area contributed by atoms with Crippen molar-refractivity contribution in [2.75, 3.05) is 17.1 Å². The third-order valence-electron chi connectivity index (χ3n) is 5.73. The summed E-state index contributed by atoms with van der Waals surface area (Å²) in [6.07, 6.45) is -3.43. The minimum Gasteiger partial charge on any atom is -0.352 e. The molecule has 0 bridgehead atoms. The summed E-state index contributed by atoms with van der Waals surface area (Å²) in [5, 5.41) is 2.91. The largest absolute Gasteiger partial charge is 0.416 e. The van der Waals surface area contributed by atoms with E-state index >= 15 is 0 Å². The number of benzene rings is 2. The molecule has 14 heteroatoms. The van der Waals surface area contributed by atoms with Crippen LogP contribution in [0.3, 0.4) is 0 Å². The second kappa shape index (κ2) is 12.8. The first-order valence-corrected chi connectivity index (χ1v) is 14.3. The van der Waals surface area contributed by atoms with Crippen LogP contribution in [0.5, 0.6) is 0 Å². The van der Waals surface area contributed by atoms with Crippen LogP contribution in [0, 0.1) is 0 Å². The third-order valence-corrected chi connectivity index (χ3v) is 7.91. The Hall–Kier alpha value is -2.21. The van der Waals surface area contributed by atoms with Gasteiger partial charge in [-0.2, -0.15) is 13.2 Å². The van der Waals surface area contributed by atoms with Gasteiger partial charge in [-0.1, -0.05) is 47.8 Å². The zero-order valence-corrected chi connectivity index (χ0v) is 24.0. The Bertz CT molecular complexity index is 1290. The Morgan fingerprint density at radius 3 is 2.13 bits per heavy atom. The van der Waals surface area contributed by atoms with Gasteiger partial charge in [0.2, 0.25) is 21.8 Å². The fourth-order valence-corrected chi connectivity index (χ4v) is 4.80. The van der Waals surface area contributed by atoms with E-state index in [1.807, 2.05) is 6.92 Å². The third kappa shape index (κ3) is 8.39. The van der Waals surface area contributed by atoms with Gasteiger partial charge < -0.3 is 10.2 Å². The molecule has 2 atom stereocenters. The summed E-state index contributed by atoms with van der Waals surface area (Å²) in [7, 11) is -4.29. The summed E-state index contributed by atoms with van der Waals surface area (Å²) in [4.78, 5) is 27.5. The van der Waals surface area contributed by atoms with Gasteiger partial charge in [-0.05, 0) is 56.2 Å². The summed E-state index contributed by atoms with van der Waals surface area (Å²) in [6, 6.07) is 5.43. The van der Waals surface area contributed by atoms with Crippen molar-refractivity contribution < 1.29 is 31.2 Å². The zero-order valence-electron chi connectivity index (χ0n) is 20.9. The predicted molar refractivity (Wildman–Crippen MR) is 143 cm³/mol. The van der Waals surface area contributed by atoms with Crippen molar-refractivity contribution in [3.05, 3.63) is 62.6 Å². The van der Waals surface area contributed by atoms with Gasteiger partial charge in [0.05, 0.1) is 32.6 Å². The summed E-state index contributed by atoms with van der Waals surface area (Å²) in [6.45, 7) is 4.00.